The minimum atomic E-state index is -0.207. The first kappa shape index (κ1) is 18.0. The lowest BCUT2D eigenvalue weighted by molar-refractivity contribution is 0.0935. The third-order valence-electron chi connectivity index (χ3n) is 3.81. The quantitative estimate of drug-likeness (QED) is 0.727. The van der Waals surface area contributed by atoms with Gasteiger partial charge < -0.3 is 10.1 Å². The average Bonchev–Trinajstić information content (AvgIpc) is 3.07. The maximum atomic E-state index is 12.7. The molecule has 0 fully saturated rings. The number of nitrogens with zero attached hydrogens (tertiary/aromatic N) is 2. The Morgan fingerprint density at radius 1 is 1.15 bits per heavy atom. The molecule has 6 heteroatoms. The van der Waals surface area contributed by atoms with Crippen LogP contribution in [0.4, 0.5) is 0 Å². The van der Waals surface area contributed by atoms with E-state index in [1.807, 2.05) is 56.3 Å². The van der Waals surface area contributed by atoms with Gasteiger partial charge in [-0.15, -0.1) is 0 Å². The number of aromatic nitrogens is 2. The fourth-order valence-electron chi connectivity index (χ4n) is 2.61. The average molecular weight is 370 g/mol. The fourth-order valence-corrected chi connectivity index (χ4v) is 2.83. The Morgan fingerprint density at radius 3 is 2.62 bits per heavy atom. The molecule has 5 nitrogen and oxygen atoms in total. The van der Waals surface area contributed by atoms with Crippen LogP contribution in [-0.4, -0.2) is 28.8 Å². The van der Waals surface area contributed by atoms with Crippen LogP contribution in [0.3, 0.4) is 0 Å². The van der Waals surface area contributed by atoms with Crippen molar-refractivity contribution in [3.63, 3.8) is 0 Å². The zero-order valence-corrected chi connectivity index (χ0v) is 15.6. The van der Waals surface area contributed by atoms with Crippen molar-refractivity contribution in [2.24, 2.45) is 0 Å². The van der Waals surface area contributed by atoms with E-state index in [0.29, 0.717) is 22.1 Å². The molecule has 1 amide bonds. The Labute approximate surface area is 157 Å². The molecular weight excluding hydrogens is 350 g/mol. The highest BCUT2D eigenvalue weighted by atomic mass is 35.5. The Hall–Kier alpha value is -2.79. The number of benzene rings is 2. The van der Waals surface area contributed by atoms with Crippen LogP contribution in [0.15, 0.2) is 54.6 Å². The lowest BCUT2D eigenvalue weighted by Gasteiger charge is -2.11. The summed E-state index contributed by atoms with van der Waals surface area (Å²) in [5.41, 5.74) is 2.59. The van der Waals surface area contributed by atoms with Crippen LogP contribution in [-0.2, 0) is 0 Å². The molecule has 26 heavy (non-hydrogen) atoms. The van der Waals surface area contributed by atoms with Gasteiger partial charge in [0.05, 0.1) is 23.5 Å². The molecule has 1 aromatic heterocycles. The largest absolute Gasteiger partial charge is 0.497 e. The molecule has 0 unspecified atom stereocenters. The van der Waals surface area contributed by atoms with Crippen molar-refractivity contribution in [1.82, 2.24) is 15.1 Å². The molecule has 1 N–H and O–H groups in total. The van der Waals surface area contributed by atoms with Gasteiger partial charge in [0, 0.05) is 11.6 Å². The van der Waals surface area contributed by atoms with Gasteiger partial charge in [-0.1, -0.05) is 35.9 Å². The van der Waals surface area contributed by atoms with E-state index in [0.717, 1.165) is 11.3 Å². The Kier molecular flexibility index (Phi) is 5.28. The number of hydrogen-bond donors (Lipinski definition) is 1. The molecule has 0 aliphatic rings. The summed E-state index contributed by atoms with van der Waals surface area (Å²) in [6, 6.07) is 16.6. The molecule has 0 atom stereocenters. The summed E-state index contributed by atoms with van der Waals surface area (Å²) in [5, 5.41) is 8.06. The first-order chi connectivity index (χ1) is 12.5. The maximum absolute atomic E-state index is 12.7. The third-order valence-corrected chi connectivity index (χ3v) is 4.13. The van der Waals surface area contributed by atoms with Crippen molar-refractivity contribution in [3.05, 3.63) is 65.3 Å². The topological polar surface area (TPSA) is 56.1 Å². The molecule has 0 saturated heterocycles. The Balaban J connectivity index is 2.14. The predicted octanol–water partition coefficient (Wildman–Crippen LogP) is 4.34. The van der Waals surface area contributed by atoms with E-state index in [9.17, 15) is 4.79 Å². The van der Waals surface area contributed by atoms with E-state index in [1.165, 1.54) is 0 Å². The van der Waals surface area contributed by atoms with Crippen LogP contribution in [0.5, 0.6) is 5.75 Å². The summed E-state index contributed by atoms with van der Waals surface area (Å²) < 4.78 is 6.86. The van der Waals surface area contributed by atoms with E-state index in [2.05, 4.69) is 10.4 Å². The van der Waals surface area contributed by atoms with Gasteiger partial charge in [0.2, 0.25) is 0 Å². The molecule has 0 radical (unpaired) electrons. The number of rotatable bonds is 5. The van der Waals surface area contributed by atoms with Gasteiger partial charge >= 0.3 is 0 Å². The number of halogens is 1. The highest BCUT2D eigenvalue weighted by molar-refractivity contribution is 6.32. The van der Waals surface area contributed by atoms with Crippen LogP contribution < -0.4 is 10.1 Å². The van der Waals surface area contributed by atoms with Crippen LogP contribution in [0, 0.1) is 0 Å². The molecule has 0 spiro atoms. The number of hydrogen-bond acceptors (Lipinski definition) is 3. The maximum Gasteiger partial charge on any atom is 0.270 e. The summed E-state index contributed by atoms with van der Waals surface area (Å²) in [7, 11) is 1.61. The summed E-state index contributed by atoms with van der Waals surface area (Å²) in [6.45, 7) is 3.83. The lowest BCUT2D eigenvalue weighted by atomic mass is 10.1. The van der Waals surface area contributed by atoms with Crippen molar-refractivity contribution < 1.29 is 9.53 Å². The zero-order chi connectivity index (χ0) is 18.7. The number of nitrogens with one attached hydrogen (secondary N) is 1. The first-order valence-corrected chi connectivity index (χ1v) is 8.67. The van der Waals surface area contributed by atoms with Crippen LogP contribution in [0.2, 0.25) is 5.02 Å². The van der Waals surface area contributed by atoms with Gasteiger partial charge in [-0.05, 0) is 44.2 Å². The van der Waals surface area contributed by atoms with Gasteiger partial charge in [-0.25, -0.2) is 4.68 Å². The van der Waals surface area contributed by atoms with Crippen LogP contribution >= 0.6 is 11.6 Å². The second-order valence-corrected chi connectivity index (χ2v) is 6.55. The van der Waals surface area contributed by atoms with Crippen LogP contribution in [0.25, 0.3) is 16.9 Å². The molecule has 134 valence electrons. The highest BCUT2D eigenvalue weighted by Crippen LogP contribution is 2.27. The van der Waals surface area contributed by atoms with Crippen LogP contribution in [0.1, 0.15) is 24.3 Å². The lowest BCUT2D eigenvalue weighted by Crippen LogP contribution is -2.31. The van der Waals surface area contributed by atoms with Gasteiger partial charge in [-0.2, -0.15) is 5.10 Å². The summed E-state index contributed by atoms with van der Waals surface area (Å²) in [6.07, 6.45) is 0. The van der Waals surface area contributed by atoms with Crippen molar-refractivity contribution in [2.45, 2.75) is 19.9 Å². The minimum Gasteiger partial charge on any atom is -0.497 e. The number of methoxy groups -OCH3 is 1. The van der Waals surface area contributed by atoms with E-state index in [-0.39, 0.29) is 11.9 Å². The number of para-hydroxylation sites is 1. The fraction of sp³-hybridized carbons (Fsp3) is 0.200. The number of carbonyl (C=O) groups excluding carboxylic acids is 1. The van der Waals surface area contributed by atoms with E-state index in [1.54, 1.807) is 23.9 Å². The number of amides is 1. The molecule has 3 rings (SSSR count). The molecule has 0 saturated carbocycles. The monoisotopic (exact) mass is 369 g/mol. The van der Waals surface area contributed by atoms with Gasteiger partial charge in [-0.3, -0.25) is 4.79 Å². The summed E-state index contributed by atoms with van der Waals surface area (Å²) in [5.74, 6) is 0.518. The first-order valence-electron chi connectivity index (χ1n) is 8.30. The Morgan fingerprint density at radius 2 is 1.92 bits per heavy atom. The zero-order valence-electron chi connectivity index (χ0n) is 14.9. The number of carbonyl (C=O) groups is 1. The van der Waals surface area contributed by atoms with Crippen molar-refractivity contribution in [3.8, 4) is 22.7 Å². The van der Waals surface area contributed by atoms with Gasteiger partial charge in [0.15, 0.2) is 0 Å². The smallest absolute Gasteiger partial charge is 0.270 e. The second kappa shape index (κ2) is 7.62. The Bertz CT molecular complexity index is 934. The van der Waals surface area contributed by atoms with Gasteiger partial charge in [0.25, 0.3) is 5.91 Å². The predicted molar refractivity (Wildman–Crippen MR) is 103 cm³/mol. The minimum absolute atomic E-state index is 0.0114. The van der Waals surface area contributed by atoms with E-state index < -0.39 is 0 Å². The summed E-state index contributed by atoms with van der Waals surface area (Å²) >= 11 is 6.33. The normalized spacial score (nSPS) is 10.8. The van der Waals surface area contributed by atoms with Crippen molar-refractivity contribution in [1.29, 1.82) is 0 Å². The molecule has 2 aromatic carbocycles. The molecule has 3 aromatic rings. The molecule has 1 heterocycles. The molecular formula is C20H20ClN3O2. The standard InChI is InChI=1S/C20H20ClN3O2/c1-13(2)22-20(25)19-12-17(14-7-6-8-15(11-14)26-3)23-24(19)18-10-5-4-9-16(18)21/h4-13H,1-3H3,(H,22,25). The van der Waals surface area contributed by atoms with Crippen molar-refractivity contribution >= 4 is 17.5 Å². The molecule has 0 aliphatic carbocycles. The van der Waals surface area contributed by atoms with Gasteiger partial charge in [0.1, 0.15) is 11.4 Å². The molecule has 0 bridgehead atoms. The summed E-state index contributed by atoms with van der Waals surface area (Å²) in [4.78, 5) is 12.7. The second-order valence-electron chi connectivity index (χ2n) is 6.14. The third kappa shape index (κ3) is 3.73. The van der Waals surface area contributed by atoms with E-state index >= 15 is 0 Å². The van der Waals surface area contributed by atoms with E-state index in [4.69, 9.17) is 16.3 Å². The molecule has 0 aliphatic heterocycles. The highest BCUT2D eigenvalue weighted by Gasteiger charge is 2.19. The number of ether oxygens (including phenoxy) is 1. The van der Waals surface area contributed by atoms with Crippen molar-refractivity contribution in [2.75, 3.05) is 7.11 Å². The SMILES string of the molecule is COc1cccc(-c2cc(C(=O)NC(C)C)n(-c3ccccc3Cl)n2)c1.